The van der Waals surface area contributed by atoms with Gasteiger partial charge in [-0.05, 0) is 69.6 Å². The first-order valence-electron chi connectivity index (χ1n) is 9.21. The van der Waals surface area contributed by atoms with E-state index in [9.17, 15) is 14.4 Å². The van der Waals surface area contributed by atoms with E-state index in [1.54, 1.807) is 6.92 Å². The summed E-state index contributed by atoms with van der Waals surface area (Å²) in [5.74, 6) is 1.60. The van der Waals surface area contributed by atoms with Crippen molar-refractivity contribution in [2.45, 2.75) is 52.0 Å². The van der Waals surface area contributed by atoms with Crippen molar-refractivity contribution < 1.29 is 19.1 Å². The smallest absolute Gasteiger partial charge is 0.310 e. The summed E-state index contributed by atoms with van der Waals surface area (Å²) < 4.78 is 5.29. The minimum Gasteiger partial charge on any atom is -0.455 e. The standard InChI is InChI=1S/C18H28N2O4/c1-3-19-17(22)10(2)20-15(21)9-24-18(23)16-13-5-11-4-12(7-13)8-14(16)6-11/h10-14,16H,3-9H2,1-2H3,(H,19,22)(H,20,21)/t10-,11?,12?,13?,14?,16?/m1/s1. The number of carbonyl (C=O) groups excluding carboxylic acids is 3. The second-order valence-corrected chi connectivity index (χ2v) is 7.75. The molecule has 2 amide bonds. The van der Waals surface area contributed by atoms with Crippen molar-refractivity contribution >= 4 is 17.8 Å². The molecule has 4 rings (SSSR count). The monoisotopic (exact) mass is 336 g/mol. The van der Waals surface area contributed by atoms with Gasteiger partial charge in [0.1, 0.15) is 6.04 Å². The highest BCUT2D eigenvalue weighted by Crippen LogP contribution is 2.56. The van der Waals surface area contributed by atoms with Crippen LogP contribution in [0.4, 0.5) is 0 Å². The molecule has 4 saturated carbocycles. The summed E-state index contributed by atoms with van der Waals surface area (Å²) in [6, 6.07) is -0.627. The first-order valence-corrected chi connectivity index (χ1v) is 9.21. The van der Waals surface area contributed by atoms with Gasteiger partial charge in [-0.15, -0.1) is 0 Å². The average Bonchev–Trinajstić information content (AvgIpc) is 2.52. The van der Waals surface area contributed by atoms with Gasteiger partial charge in [-0.25, -0.2) is 0 Å². The zero-order chi connectivity index (χ0) is 17.3. The fraction of sp³-hybridized carbons (Fsp3) is 0.833. The molecule has 4 aliphatic carbocycles. The number of hydrogen-bond donors (Lipinski definition) is 2. The van der Waals surface area contributed by atoms with E-state index in [0.717, 1.165) is 37.5 Å². The Labute approximate surface area is 143 Å². The Morgan fingerprint density at radius 3 is 2.17 bits per heavy atom. The Bertz CT molecular complexity index is 491. The van der Waals surface area contributed by atoms with E-state index in [1.807, 2.05) is 6.92 Å². The predicted octanol–water partition coefficient (Wildman–Crippen LogP) is 1.24. The van der Waals surface area contributed by atoms with Crippen molar-refractivity contribution in [1.82, 2.24) is 10.6 Å². The molecule has 6 heteroatoms. The van der Waals surface area contributed by atoms with E-state index in [4.69, 9.17) is 4.74 Å². The molecule has 0 aromatic rings. The number of ether oxygens (including phenoxy) is 1. The molecular formula is C18H28N2O4. The van der Waals surface area contributed by atoms with Crippen LogP contribution in [-0.2, 0) is 19.1 Å². The van der Waals surface area contributed by atoms with Crippen molar-refractivity contribution in [1.29, 1.82) is 0 Å². The Kier molecular flexibility index (Phi) is 5.11. The van der Waals surface area contributed by atoms with Crippen LogP contribution in [0.3, 0.4) is 0 Å². The summed E-state index contributed by atoms with van der Waals surface area (Å²) in [6.07, 6.45) is 5.93. The van der Waals surface area contributed by atoms with Crippen LogP contribution in [0.2, 0.25) is 0 Å². The summed E-state index contributed by atoms with van der Waals surface area (Å²) in [4.78, 5) is 36.0. The van der Waals surface area contributed by atoms with Crippen molar-refractivity contribution in [3.8, 4) is 0 Å². The molecule has 6 nitrogen and oxygen atoms in total. The van der Waals surface area contributed by atoms with Gasteiger partial charge in [0.05, 0.1) is 5.92 Å². The number of carbonyl (C=O) groups is 3. The topological polar surface area (TPSA) is 84.5 Å². The van der Waals surface area contributed by atoms with E-state index in [2.05, 4.69) is 10.6 Å². The summed E-state index contributed by atoms with van der Waals surface area (Å²) in [5, 5.41) is 5.20. The second kappa shape index (κ2) is 7.11. The Morgan fingerprint density at radius 2 is 1.62 bits per heavy atom. The highest BCUT2D eigenvalue weighted by atomic mass is 16.5. The van der Waals surface area contributed by atoms with Gasteiger partial charge in [-0.2, -0.15) is 0 Å². The summed E-state index contributed by atoms with van der Waals surface area (Å²) in [5.41, 5.74) is 0. The van der Waals surface area contributed by atoms with Gasteiger partial charge in [-0.3, -0.25) is 14.4 Å². The lowest BCUT2D eigenvalue weighted by Crippen LogP contribution is -2.49. The molecular weight excluding hydrogens is 308 g/mol. The Hall–Kier alpha value is -1.59. The van der Waals surface area contributed by atoms with E-state index < -0.39 is 11.9 Å². The van der Waals surface area contributed by atoms with Crippen molar-refractivity contribution in [2.24, 2.45) is 29.6 Å². The van der Waals surface area contributed by atoms with Crippen LogP contribution in [0.5, 0.6) is 0 Å². The lowest BCUT2D eigenvalue weighted by atomic mass is 9.52. The zero-order valence-corrected chi connectivity index (χ0v) is 14.5. The van der Waals surface area contributed by atoms with Crippen LogP contribution in [0.25, 0.3) is 0 Å². The second-order valence-electron chi connectivity index (χ2n) is 7.75. The van der Waals surface area contributed by atoms with Crippen molar-refractivity contribution in [3.05, 3.63) is 0 Å². The molecule has 24 heavy (non-hydrogen) atoms. The summed E-state index contributed by atoms with van der Waals surface area (Å²) >= 11 is 0. The van der Waals surface area contributed by atoms with E-state index >= 15 is 0 Å². The average molecular weight is 336 g/mol. The SMILES string of the molecule is CCNC(=O)[C@@H](C)NC(=O)COC(=O)C1C2CC3CC(C2)CC1C3. The fourth-order valence-corrected chi connectivity index (χ4v) is 5.22. The molecule has 134 valence electrons. The van der Waals surface area contributed by atoms with Gasteiger partial charge in [0.25, 0.3) is 5.91 Å². The summed E-state index contributed by atoms with van der Waals surface area (Å²) in [6.45, 7) is 3.65. The molecule has 0 aromatic carbocycles. The molecule has 0 radical (unpaired) electrons. The minimum absolute atomic E-state index is 0.0218. The molecule has 0 saturated heterocycles. The Morgan fingerprint density at radius 1 is 1.04 bits per heavy atom. The van der Waals surface area contributed by atoms with Gasteiger partial charge in [-0.1, -0.05) is 0 Å². The highest BCUT2D eigenvalue weighted by Gasteiger charge is 2.51. The van der Waals surface area contributed by atoms with Crippen molar-refractivity contribution in [3.63, 3.8) is 0 Å². The molecule has 4 bridgehead atoms. The van der Waals surface area contributed by atoms with Crippen LogP contribution in [0, 0.1) is 29.6 Å². The number of esters is 1. The van der Waals surface area contributed by atoms with Crippen LogP contribution in [-0.4, -0.2) is 37.0 Å². The first-order chi connectivity index (χ1) is 11.5. The maximum Gasteiger partial charge on any atom is 0.310 e. The van der Waals surface area contributed by atoms with Gasteiger partial charge in [0, 0.05) is 6.54 Å². The minimum atomic E-state index is -0.627. The third kappa shape index (κ3) is 3.57. The summed E-state index contributed by atoms with van der Waals surface area (Å²) in [7, 11) is 0. The number of hydrogen-bond acceptors (Lipinski definition) is 4. The molecule has 0 heterocycles. The maximum absolute atomic E-state index is 12.5. The number of rotatable bonds is 6. The maximum atomic E-state index is 12.5. The largest absolute Gasteiger partial charge is 0.455 e. The van der Waals surface area contributed by atoms with E-state index in [1.165, 1.54) is 6.42 Å². The van der Waals surface area contributed by atoms with E-state index in [-0.39, 0.29) is 24.4 Å². The fourth-order valence-electron chi connectivity index (χ4n) is 5.22. The predicted molar refractivity (Wildman–Crippen MR) is 87.8 cm³/mol. The molecule has 1 atom stereocenters. The van der Waals surface area contributed by atoms with Crippen LogP contribution < -0.4 is 10.6 Å². The first kappa shape index (κ1) is 17.2. The highest BCUT2D eigenvalue weighted by molar-refractivity contribution is 5.88. The Balaban J connectivity index is 1.46. The molecule has 4 fully saturated rings. The number of amides is 2. The van der Waals surface area contributed by atoms with Gasteiger partial charge >= 0.3 is 5.97 Å². The van der Waals surface area contributed by atoms with Crippen LogP contribution in [0.1, 0.15) is 46.0 Å². The molecule has 0 aromatic heterocycles. The molecule has 0 spiro atoms. The lowest BCUT2D eigenvalue weighted by molar-refractivity contribution is -0.164. The van der Waals surface area contributed by atoms with Crippen LogP contribution >= 0.6 is 0 Å². The number of likely N-dealkylation sites (N-methyl/N-ethyl adjacent to an activating group) is 1. The van der Waals surface area contributed by atoms with E-state index in [0.29, 0.717) is 18.4 Å². The normalized spacial score (nSPS) is 34.5. The third-order valence-electron chi connectivity index (χ3n) is 5.97. The quantitative estimate of drug-likeness (QED) is 0.715. The third-order valence-corrected chi connectivity index (χ3v) is 5.97. The van der Waals surface area contributed by atoms with Gasteiger partial charge < -0.3 is 15.4 Å². The molecule has 4 aliphatic rings. The molecule has 2 N–H and O–H groups in total. The van der Waals surface area contributed by atoms with Crippen molar-refractivity contribution in [2.75, 3.05) is 13.2 Å². The van der Waals surface area contributed by atoms with Crippen LogP contribution in [0.15, 0.2) is 0 Å². The van der Waals surface area contributed by atoms with Gasteiger partial charge in [0.2, 0.25) is 5.91 Å². The van der Waals surface area contributed by atoms with Gasteiger partial charge in [0.15, 0.2) is 6.61 Å². The molecule has 0 unspecified atom stereocenters. The molecule has 0 aliphatic heterocycles. The lowest BCUT2D eigenvalue weighted by Gasteiger charge is -2.53. The number of nitrogens with one attached hydrogen (secondary N) is 2. The zero-order valence-electron chi connectivity index (χ0n) is 14.5.